The van der Waals surface area contributed by atoms with Crippen molar-refractivity contribution >= 4 is 20.9 Å². The van der Waals surface area contributed by atoms with Gasteiger partial charge in [-0.15, -0.1) is 0 Å². The van der Waals surface area contributed by atoms with Gasteiger partial charge in [-0.2, -0.15) is 0 Å². The summed E-state index contributed by atoms with van der Waals surface area (Å²) in [6, 6.07) is 5.53. The zero-order valence-corrected chi connectivity index (χ0v) is 22.3. The minimum absolute atomic E-state index is 0. The molecule has 0 aliphatic rings. The Hall–Kier alpha value is 3.32. The van der Waals surface area contributed by atoms with Crippen molar-refractivity contribution in [2.45, 2.75) is 11.8 Å². The molecule has 1 rings (SSSR count). The van der Waals surface area contributed by atoms with Crippen LogP contribution in [0.1, 0.15) is 5.56 Å². The van der Waals surface area contributed by atoms with Gasteiger partial charge in [-0.3, -0.25) is 0 Å². The van der Waals surface area contributed by atoms with Crippen LogP contribution in [0.2, 0.25) is 0 Å². The largest absolute Gasteiger partial charge is 1.00 e. The molecule has 2 N–H and O–H groups in total. The van der Waals surface area contributed by atoms with E-state index in [9.17, 15) is 28.7 Å². The zero-order valence-electron chi connectivity index (χ0n) is 12.5. The van der Waals surface area contributed by atoms with Gasteiger partial charge in [0.2, 0.25) is 0 Å². The summed E-state index contributed by atoms with van der Waals surface area (Å²) < 4.78 is 21.4. The summed E-state index contributed by atoms with van der Waals surface area (Å²) in [5.74, 6) is 0. The van der Waals surface area contributed by atoms with E-state index < -0.39 is 27.0 Å². The Morgan fingerprint density at radius 3 is 1.48 bits per heavy atom. The average Bonchev–Trinajstić information content (AvgIpc) is 2.13. The Kier molecular flexibility index (Phi) is 20.6. The van der Waals surface area contributed by atoms with E-state index in [1.165, 1.54) is 24.3 Å². The molecule has 96 valence electrons. The fourth-order valence-electron chi connectivity index (χ4n) is 1.26. The summed E-state index contributed by atoms with van der Waals surface area (Å²) in [6.07, 6.45) is -0.658. The Balaban J connectivity index is -0.000000361. The quantitative estimate of drug-likeness (QED) is 0.314. The molecule has 13 heteroatoms. The van der Waals surface area contributed by atoms with E-state index >= 15 is 0 Å². The van der Waals surface area contributed by atoms with Crippen molar-refractivity contribution < 1.29 is 147 Å². The average molecular weight is 369 g/mol. The van der Waals surface area contributed by atoms with Crippen molar-refractivity contribution in [3.8, 4) is 0 Å². The number of rotatable bonds is 4. The minimum atomic E-state index is -5.49. The summed E-state index contributed by atoms with van der Waals surface area (Å²) in [5.41, 5.74) is 6.01. The second-order valence-electron chi connectivity index (χ2n) is 3.51. The summed E-state index contributed by atoms with van der Waals surface area (Å²) in [5, 5.41) is -2.46. The third-order valence-corrected chi connectivity index (χ3v) is 5.65. The number of nitrogens with two attached hydrogens (primary N) is 1. The monoisotopic (exact) mass is 369 g/mol. The topological polar surface area (TPSA) is 152 Å². The van der Waals surface area contributed by atoms with Crippen LogP contribution in [0.25, 0.3) is 0 Å². The van der Waals surface area contributed by atoms with Gasteiger partial charge in [0.15, 0.2) is 0 Å². The van der Waals surface area contributed by atoms with Crippen molar-refractivity contribution in [3.63, 3.8) is 0 Å². The third-order valence-electron chi connectivity index (χ3n) is 2.13. The smallest absolute Gasteiger partial charge is 0.810 e. The first kappa shape index (κ1) is 32.0. The second kappa shape index (κ2) is 13.5. The summed E-state index contributed by atoms with van der Waals surface area (Å²) in [4.78, 5) is 42.9. The molecule has 0 amide bonds. The predicted octanol–water partition coefficient (Wildman–Crippen LogP) is -14.0. The molecule has 1 aromatic carbocycles. The van der Waals surface area contributed by atoms with Crippen LogP contribution < -0.4 is 144 Å². The van der Waals surface area contributed by atoms with Crippen molar-refractivity contribution in [2.24, 2.45) is 0 Å². The molecule has 21 heavy (non-hydrogen) atoms. The van der Waals surface area contributed by atoms with E-state index in [1.807, 2.05) is 0 Å². The molecule has 0 aromatic heterocycles. The Bertz CT molecular complexity index is 468. The summed E-state index contributed by atoms with van der Waals surface area (Å²) in [6.45, 7) is 0. The molecule has 0 aliphatic carbocycles. The molecule has 0 unspecified atom stereocenters. The molecular formula is C8H9NNa4O6P2. The molecular weight excluding hydrogens is 360 g/mol. The number of nitrogen functional groups attached to an aromatic ring is 1. The number of hydrogen-bond acceptors (Lipinski definition) is 7. The maximum Gasteiger partial charge on any atom is 1.00 e. The van der Waals surface area contributed by atoms with Crippen molar-refractivity contribution in [1.29, 1.82) is 0 Å². The standard InChI is InChI=1S/C8H13NO6P2.4Na/c9-7-3-1-6(2-4-7)5-8(16(10,11)12)17(13,14)15;;;;/h1-4,8H,5,9H2,(H2,10,11,12)(H2,13,14,15);;;;/q;4*+1/p-4. The summed E-state index contributed by atoms with van der Waals surface area (Å²) >= 11 is 0. The summed E-state index contributed by atoms with van der Waals surface area (Å²) in [7, 11) is -11.0. The molecule has 0 saturated heterocycles. The minimum Gasteiger partial charge on any atom is -0.810 e. The predicted molar refractivity (Wildman–Crippen MR) is 53.6 cm³/mol. The van der Waals surface area contributed by atoms with E-state index in [4.69, 9.17) is 5.73 Å². The second-order valence-corrected chi connectivity index (χ2v) is 7.32. The van der Waals surface area contributed by atoms with Gasteiger partial charge in [0.05, 0.1) is 0 Å². The van der Waals surface area contributed by atoms with Crippen LogP contribution in [0.15, 0.2) is 24.3 Å². The van der Waals surface area contributed by atoms with Crippen LogP contribution in [0, 0.1) is 0 Å². The van der Waals surface area contributed by atoms with E-state index in [0.717, 1.165) is 0 Å². The van der Waals surface area contributed by atoms with Gasteiger partial charge < -0.3 is 34.4 Å². The van der Waals surface area contributed by atoms with Gasteiger partial charge in [0, 0.05) is 11.1 Å². The van der Waals surface area contributed by atoms with Crippen molar-refractivity contribution in [3.05, 3.63) is 29.8 Å². The fourth-order valence-corrected chi connectivity index (χ4v) is 3.52. The molecule has 0 radical (unpaired) electrons. The van der Waals surface area contributed by atoms with E-state index in [0.29, 0.717) is 5.69 Å². The van der Waals surface area contributed by atoms with Gasteiger partial charge in [-0.05, 0) is 24.1 Å². The number of benzene rings is 1. The van der Waals surface area contributed by atoms with Crippen molar-refractivity contribution in [2.75, 3.05) is 5.73 Å². The first-order chi connectivity index (χ1) is 7.60. The molecule has 0 heterocycles. The van der Waals surface area contributed by atoms with E-state index in [2.05, 4.69) is 0 Å². The van der Waals surface area contributed by atoms with Crippen molar-refractivity contribution in [1.82, 2.24) is 0 Å². The Morgan fingerprint density at radius 1 is 0.857 bits per heavy atom. The van der Waals surface area contributed by atoms with E-state index in [-0.39, 0.29) is 124 Å². The van der Waals surface area contributed by atoms with Crippen LogP contribution >= 0.6 is 15.2 Å². The number of anilines is 1. The number of hydrogen-bond donors (Lipinski definition) is 1. The molecule has 0 spiro atoms. The SMILES string of the molecule is Nc1ccc(CC(P(=O)([O-])[O-])P(=O)([O-])[O-])cc1.[Na+].[Na+].[Na+].[Na+]. The fraction of sp³-hybridized carbons (Fsp3) is 0.250. The third kappa shape index (κ3) is 12.3. The van der Waals surface area contributed by atoms with Gasteiger partial charge >= 0.3 is 118 Å². The molecule has 0 saturated carbocycles. The van der Waals surface area contributed by atoms with E-state index in [1.54, 1.807) is 0 Å². The molecule has 0 atom stereocenters. The molecule has 1 aromatic rings. The maximum atomic E-state index is 10.7. The van der Waals surface area contributed by atoms with Gasteiger partial charge in [-0.25, -0.2) is 0 Å². The Labute approximate surface area is 211 Å². The molecule has 7 nitrogen and oxygen atoms in total. The Morgan fingerprint density at radius 2 is 1.19 bits per heavy atom. The molecule has 0 aliphatic heterocycles. The zero-order chi connectivity index (χ0) is 13.3. The van der Waals surface area contributed by atoms with Crippen LogP contribution in [-0.4, -0.2) is 5.40 Å². The molecule has 0 fully saturated rings. The molecule has 0 bridgehead atoms. The van der Waals surface area contributed by atoms with Crippen LogP contribution in [0.4, 0.5) is 5.69 Å². The van der Waals surface area contributed by atoms with Crippen LogP contribution in [0.3, 0.4) is 0 Å². The van der Waals surface area contributed by atoms with Crippen LogP contribution in [0.5, 0.6) is 0 Å². The first-order valence-corrected chi connectivity index (χ1v) is 7.71. The van der Waals surface area contributed by atoms with Crippen LogP contribution in [-0.2, 0) is 15.6 Å². The normalized spacial score (nSPS) is 10.5. The first-order valence-electron chi connectivity index (χ1n) is 4.48. The maximum absolute atomic E-state index is 10.7. The van der Waals surface area contributed by atoms with Gasteiger partial charge in [-0.1, -0.05) is 27.3 Å². The van der Waals surface area contributed by atoms with Gasteiger partial charge in [0.25, 0.3) is 0 Å². The van der Waals surface area contributed by atoms with Gasteiger partial charge in [0.1, 0.15) is 0 Å².